The van der Waals surface area contributed by atoms with E-state index < -0.39 is 0 Å². The zero-order chi connectivity index (χ0) is 12.7. The molecule has 19 heavy (non-hydrogen) atoms. The van der Waals surface area contributed by atoms with Gasteiger partial charge in [0.25, 0.3) is 0 Å². The second kappa shape index (κ2) is 3.88. The Hall–Kier alpha value is -2.75. The molecule has 0 saturated carbocycles. The maximum absolute atomic E-state index is 4.43. The van der Waals surface area contributed by atoms with E-state index in [1.807, 2.05) is 42.9 Å². The lowest BCUT2D eigenvalue weighted by atomic mass is 10.2. The fraction of sp³-hybridized carbons (Fsp3) is 0. The van der Waals surface area contributed by atoms with E-state index in [-0.39, 0.29) is 0 Å². The second-order valence-corrected chi connectivity index (χ2v) is 4.33. The maximum Gasteiger partial charge on any atom is 0.108 e. The summed E-state index contributed by atoms with van der Waals surface area (Å²) < 4.78 is 2.07. The lowest BCUT2D eigenvalue weighted by Crippen LogP contribution is -1.93. The summed E-state index contributed by atoms with van der Waals surface area (Å²) in [6, 6.07) is 12.0. The van der Waals surface area contributed by atoms with E-state index in [4.69, 9.17) is 0 Å². The summed E-state index contributed by atoms with van der Waals surface area (Å²) in [5.74, 6) is 0. The highest BCUT2D eigenvalue weighted by molar-refractivity contribution is 6.02. The molecule has 90 valence electrons. The minimum atomic E-state index is 0.899. The molecular formula is C15H10N4. The van der Waals surface area contributed by atoms with Crippen LogP contribution in [0.25, 0.3) is 27.6 Å². The third kappa shape index (κ3) is 1.50. The van der Waals surface area contributed by atoms with Gasteiger partial charge in [0.05, 0.1) is 22.9 Å². The number of benzene rings is 1. The Bertz CT molecular complexity index is 865. The summed E-state index contributed by atoms with van der Waals surface area (Å²) in [4.78, 5) is 12.9. The molecule has 4 heteroatoms. The normalized spacial score (nSPS) is 11.2. The Morgan fingerprint density at radius 1 is 0.842 bits per heavy atom. The standard InChI is InChI=1S/C15H10N4/c1-2-4-13-12(3-1)15-14(9-17-13)18-10-19(15)11-5-7-16-8-6-11/h1-10H. The minimum Gasteiger partial charge on any atom is -0.298 e. The van der Waals surface area contributed by atoms with Crippen LogP contribution in [0.15, 0.2) is 61.3 Å². The smallest absolute Gasteiger partial charge is 0.108 e. The van der Waals surface area contributed by atoms with Crippen molar-refractivity contribution in [3.63, 3.8) is 0 Å². The van der Waals surface area contributed by atoms with E-state index in [0.717, 1.165) is 27.6 Å². The van der Waals surface area contributed by atoms with Gasteiger partial charge in [0.1, 0.15) is 11.8 Å². The first-order valence-electron chi connectivity index (χ1n) is 6.05. The molecule has 0 spiro atoms. The van der Waals surface area contributed by atoms with Gasteiger partial charge in [0.15, 0.2) is 0 Å². The summed E-state index contributed by atoms with van der Waals surface area (Å²) in [7, 11) is 0. The molecule has 0 saturated heterocycles. The fourth-order valence-corrected chi connectivity index (χ4v) is 2.34. The quantitative estimate of drug-likeness (QED) is 0.518. The number of pyridine rings is 2. The molecule has 3 aromatic heterocycles. The van der Waals surface area contributed by atoms with Gasteiger partial charge in [0.2, 0.25) is 0 Å². The molecule has 3 heterocycles. The summed E-state index contributed by atoms with van der Waals surface area (Å²) in [5, 5.41) is 1.11. The minimum absolute atomic E-state index is 0.899. The molecule has 0 atom stereocenters. The van der Waals surface area contributed by atoms with Crippen molar-refractivity contribution >= 4 is 21.9 Å². The van der Waals surface area contributed by atoms with Gasteiger partial charge in [-0.2, -0.15) is 0 Å². The predicted octanol–water partition coefficient (Wildman–Crippen LogP) is 2.97. The topological polar surface area (TPSA) is 43.6 Å². The van der Waals surface area contributed by atoms with E-state index in [9.17, 15) is 0 Å². The van der Waals surface area contributed by atoms with Crippen LogP contribution < -0.4 is 0 Å². The van der Waals surface area contributed by atoms with Gasteiger partial charge in [-0.1, -0.05) is 18.2 Å². The molecule has 4 nitrogen and oxygen atoms in total. The number of hydrogen-bond acceptors (Lipinski definition) is 3. The van der Waals surface area contributed by atoms with Gasteiger partial charge >= 0.3 is 0 Å². The van der Waals surface area contributed by atoms with Gasteiger partial charge in [-0.25, -0.2) is 4.98 Å². The van der Waals surface area contributed by atoms with E-state index in [2.05, 4.69) is 25.6 Å². The van der Waals surface area contributed by atoms with Crippen LogP contribution in [0.5, 0.6) is 0 Å². The molecule has 4 aromatic rings. The fourth-order valence-electron chi connectivity index (χ4n) is 2.34. The first kappa shape index (κ1) is 10.2. The molecule has 0 unspecified atom stereocenters. The third-order valence-electron chi connectivity index (χ3n) is 3.22. The van der Waals surface area contributed by atoms with Crippen molar-refractivity contribution in [1.82, 2.24) is 19.5 Å². The van der Waals surface area contributed by atoms with Crippen molar-refractivity contribution in [2.24, 2.45) is 0 Å². The van der Waals surface area contributed by atoms with Gasteiger partial charge in [-0.15, -0.1) is 0 Å². The average Bonchev–Trinajstić information content (AvgIpc) is 2.92. The summed E-state index contributed by atoms with van der Waals surface area (Å²) in [6.45, 7) is 0. The van der Waals surface area contributed by atoms with Crippen LogP contribution in [0.2, 0.25) is 0 Å². The Balaban J connectivity index is 2.15. The van der Waals surface area contributed by atoms with Crippen LogP contribution in [0, 0.1) is 0 Å². The van der Waals surface area contributed by atoms with Crippen molar-refractivity contribution in [3.05, 3.63) is 61.3 Å². The average molecular weight is 246 g/mol. The monoisotopic (exact) mass is 246 g/mol. The SMILES string of the molecule is c1ccc2c(c1)ncc1ncn(-c3ccncc3)c12. The molecule has 0 radical (unpaired) electrons. The molecule has 4 rings (SSSR count). The van der Waals surface area contributed by atoms with Crippen molar-refractivity contribution in [3.8, 4) is 5.69 Å². The van der Waals surface area contributed by atoms with Crippen LogP contribution in [0.3, 0.4) is 0 Å². The molecule has 0 amide bonds. The first-order valence-corrected chi connectivity index (χ1v) is 6.05. The Labute approximate surface area is 109 Å². The van der Waals surface area contributed by atoms with Gasteiger partial charge in [-0.3, -0.25) is 14.5 Å². The highest BCUT2D eigenvalue weighted by Crippen LogP contribution is 2.24. The van der Waals surface area contributed by atoms with Crippen molar-refractivity contribution in [1.29, 1.82) is 0 Å². The van der Waals surface area contributed by atoms with Crippen molar-refractivity contribution < 1.29 is 0 Å². The lowest BCUT2D eigenvalue weighted by Gasteiger charge is -2.05. The van der Waals surface area contributed by atoms with E-state index in [1.165, 1.54) is 0 Å². The molecule has 0 aliphatic rings. The largest absolute Gasteiger partial charge is 0.298 e. The van der Waals surface area contributed by atoms with Crippen LogP contribution in [-0.4, -0.2) is 19.5 Å². The summed E-state index contributed by atoms with van der Waals surface area (Å²) in [5.41, 5.74) is 4.01. The van der Waals surface area contributed by atoms with Crippen LogP contribution in [0.1, 0.15) is 0 Å². The van der Waals surface area contributed by atoms with E-state index >= 15 is 0 Å². The molecule has 0 aliphatic carbocycles. The van der Waals surface area contributed by atoms with E-state index in [1.54, 1.807) is 12.4 Å². The maximum atomic E-state index is 4.43. The molecule has 0 aliphatic heterocycles. The van der Waals surface area contributed by atoms with Crippen LogP contribution >= 0.6 is 0 Å². The highest BCUT2D eigenvalue weighted by atomic mass is 15.1. The van der Waals surface area contributed by atoms with Crippen LogP contribution in [0.4, 0.5) is 0 Å². The predicted molar refractivity (Wildman–Crippen MR) is 74.2 cm³/mol. The Kier molecular flexibility index (Phi) is 2.08. The number of fused-ring (bicyclic) bond motifs is 3. The van der Waals surface area contributed by atoms with E-state index in [0.29, 0.717) is 0 Å². The zero-order valence-electron chi connectivity index (χ0n) is 10.1. The van der Waals surface area contributed by atoms with Crippen molar-refractivity contribution in [2.75, 3.05) is 0 Å². The molecule has 1 aromatic carbocycles. The summed E-state index contributed by atoms with van der Waals surface area (Å²) in [6.07, 6.45) is 7.21. The van der Waals surface area contributed by atoms with Crippen LogP contribution in [-0.2, 0) is 0 Å². The van der Waals surface area contributed by atoms with Gasteiger partial charge in [-0.05, 0) is 18.2 Å². The molecule has 0 N–H and O–H groups in total. The number of nitrogens with zero attached hydrogens (tertiary/aromatic N) is 4. The molecule has 0 fully saturated rings. The second-order valence-electron chi connectivity index (χ2n) is 4.33. The Morgan fingerprint density at radius 3 is 2.58 bits per heavy atom. The van der Waals surface area contributed by atoms with Gasteiger partial charge in [0, 0.05) is 17.8 Å². The third-order valence-corrected chi connectivity index (χ3v) is 3.22. The molecule has 0 bridgehead atoms. The number of aromatic nitrogens is 4. The Morgan fingerprint density at radius 2 is 1.68 bits per heavy atom. The zero-order valence-corrected chi connectivity index (χ0v) is 10.1. The molecular weight excluding hydrogens is 236 g/mol. The van der Waals surface area contributed by atoms with Crippen molar-refractivity contribution in [2.45, 2.75) is 0 Å². The van der Waals surface area contributed by atoms with Gasteiger partial charge < -0.3 is 0 Å². The highest BCUT2D eigenvalue weighted by Gasteiger charge is 2.08. The number of rotatable bonds is 1. The first-order chi connectivity index (χ1) is 9.43. The number of imidazole rings is 1. The lowest BCUT2D eigenvalue weighted by molar-refractivity contribution is 1.08. The number of hydrogen-bond donors (Lipinski definition) is 0. The summed E-state index contributed by atoms with van der Waals surface area (Å²) >= 11 is 0. The number of para-hydroxylation sites is 1.